The highest BCUT2D eigenvalue weighted by molar-refractivity contribution is 7.89. The summed E-state index contributed by atoms with van der Waals surface area (Å²) in [5.41, 5.74) is 0.785. The molecule has 2 heterocycles. The van der Waals surface area contributed by atoms with E-state index in [-0.39, 0.29) is 31.2 Å². The Hall–Kier alpha value is -1.77. The maximum absolute atomic E-state index is 11.8. The van der Waals surface area contributed by atoms with E-state index in [1.807, 2.05) is 17.5 Å². The van der Waals surface area contributed by atoms with Crippen molar-refractivity contribution in [3.05, 3.63) is 52.5 Å². The third kappa shape index (κ3) is 5.92. The zero-order valence-corrected chi connectivity index (χ0v) is 13.5. The van der Waals surface area contributed by atoms with Crippen molar-refractivity contribution in [1.82, 2.24) is 15.0 Å². The fourth-order valence-corrected chi connectivity index (χ4v) is 3.33. The molecule has 2 N–H and O–H groups in total. The van der Waals surface area contributed by atoms with Gasteiger partial charge in [0.1, 0.15) is 0 Å². The number of rotatable bonds is 8. The molecule has 0 fully saturated rings. The minimum absolute atomic E-state index is 0.0899. The van der Waals surface area contributed by atoms with Gasteiger partial charge in [0.05, 0.1) is 12.2 Å². The molecule has 0 radical (unpaired) electrons. The Morgan fingerprint density at radius 2 is 2.14 bits per heavy atom. The van der Waals surface area contributed by atoms with Crippen LogP contribution in [0.15, 0.2) is 42.0 Å². The average molecular weight is 339 g/mol. The molecule has 0 atom stereocenters. The molecule has 0 saturated carbocycles. The number of hydrogen-bond acceptors (Lipinski definition) is 5. The van der Waals surface area contributed by atoms with Crippen LogP contribution in [0.4, 0.5) is 0 Å². The van der Waals surface area contributed by atoms with Crippen LogP contribution in [0.2, 0.25) is 0 Å². The quantitative estimate of drug-likeness (QED) is 0.749. The minimum Gasteiger partial charge on any atom is -0.355 e. The first-order valence-electron chi connectivity index (χ1n) is 6.70. The topological polar surface area (TPSA) is 88.2 Å². The lowest BCUT2D eigenvalue weighted by Gasteiger charge is -2.07. The predicted octanol–water partition coefficient (Wildman–Crippen LogP) is 0.921. The highest BCUT2D eigenvalue weighted by atomic mass is 32.2. The van der Waals surface area contributed by atoms with Crippen LogP contribution < -0.4 is 10.0 Å². The molecule has 0 unspecified atom stereocenters. The lowest BCUT2D eigenvalue weighted by molar-refractivity contribution is -0.120. The second-order valence-electron chi connectivity index (χ2n) is 4.61. The highest BCUT2D eigenvalue weighted by Gasteiger charge is 2.11. The number of carbonyl (C=O) groups is 1. The molecule has 0 bridgehead atoms. The zero-order valence-electron chi connectivity index (χ0n) is 11.9. The normalized spacial score (nSPS) is 11.3. The fourth-order valence-electron chi connectivity index (χ4n) is 1.73. The van der Waals surface area contributed by atoms with Crippen LogP contribution >= 0.6 is 11.3 Å². The molecular formula is C14H17N3O3S2. The van der Waals surface area contributed by atoms with Gasteiger partial charge in [0, 0.05) is 30.4 Å². The van der Waals surface area contributed by atoms with Gasteiger partial charge in [-0.05, 0) is 23.1 Å². The SMILES string of the molecule is O=C(Cc1cccs1)NCCS(=O)(=O)NCc1cccnc1. The zero-order chi connectivity index (χ0) is 15.8. The van der Waals surface area contributed by atoms with E-state index in [1.54, 1.807) is 24.5 Å². The van der Waals surface area contributed by atoms with Gasteiger partial charge in [-0.3, -0.25) is 9.78 Å². The molecule has 0 saturated heterocycles. The summed E-state index contributed by atoms with van der Waals surface area (Å²) in [6.45, 7) is 0.284. The Balaban J connectivity index is 1.69. The van der Waals surface area contributed by atoms with Gasteiger partial charge < -0.3 is 5.32 Å². The minimum atomic E-state index is -3.43. The third-order valence-electron chi connectivity index (χ3n) is 2.83. The summed E-state index contributed by atoms with van der Waals surface area (Å²) in [4.78, 5) is 16.5. The molecule has 8 heteroatoms. The largest absolute Gasteiger partial charge is 0.355 e. The summed E-state index contributed by atoms with van der Waals surface area (Å²) in [6.07, 6.45) is 3.51. The van der Waals surface area contributed by atoms with Crippen LogP contribution in [-0.2, 0) is 27.8 Å². The third-order valence-corrected chi connectivity index (χ3v) is 5.03. The first-order valence-corrected chi connectivity index (χ1v) is 9.24. The summed E-state index contributed by atoms with van der Waals surface area (Å²) < 4.78 is 26.1. The molecule has 0 aliphatic heterocycles. The molecule has 118 valence electrons. The van der Waals surface area contributed by atoms with Crippen LogP contribution in [-0.4, -0.2) is 31.6 Å². The van der Waals surface area contributed by atoms with Gasteiger partial charge >= 0.3 is 0 Å². The van der Waals surface area contributed by atoms with Crippen molar-refractivity contribution in [2.24, 2.45) is 0 Å². The van der Waals surface area contributed by atoms with Crippen LogP contribution in [0, 0.1) is 0 Å². The number of aromatic nitrogens is 1. The summed E-state index contributed by atoms with van der Waals surface area (Å²) in [5.74, 6) is -0.325. The van der Waals surface area contributed by atoms with Crippen molar-refractivity contribution < 1.29 is 13.2 Å². The van der Waals surface area contributed by atoms with Gasteiger partial charge in [0.25, 0.3) is 0 Å². The second-order valence-corrected chi connectivity index (χ2v) is 7.57. The van der Waals surface area contributed by atoms with Crippen molar-refractivity contribution in [3.63, 3.8) is 0 Å². The van der Waals surface area contributed by atoms with E-state index in [4.69, 9.17) is 0 Å². The average Bonchev–Trinajstić information content (AvgIpc) is 2.99. The maximum Gasteiger partial charge on any atom is 0.225 e. The maximum atomic E-state index is 11.8. The van der Waals surface area contributed by atoms with Crippen molar-refractivity contribution in [2.75, 3.05) is 12.3 Å². The van der Waals surface area contributed by atoms with Crippen molar-refractivity contribution in [3.8, 4) is 0 Å². The molecule has 2 rings (SSSR count). The molecular weight excluding hydrogens is 322 g/mol. The lowest BCUT2D eigenvalue weighted by atomic mass is 10.3. The smallest absolute Gasteiger partial charge is 0.225 e. The van der Waals surface area contributed by atoms with E-state index in [9.17, 15) is 13.2 Å². The number of nitrogens with zero attached hydrogens (tertiary/aromatic N) is 1. The molecule has 2 aromatic heterocycles. The van der Waals surface area contributed by atoms with E-state index in [2.05, 4.69) is 15.0 Å². The van der Waals surface area contributed by atoms with Gasteiger partial charge in [0.15, 0.2) is 0 Å². The van der Waals surface area contributed by atoms with Gasteiger partial charge in [-0.1, -0.05) is 12.1 Å². The Kier molecular flexibility index (Phi) is 6.05. The fraction of sp³-hybridized carbons (Fsp3) is 0.286. The Morgan fingerprint density at radius 1 is 1.27 bits per heavy atom. The number of sulfonamides is 1. The highest BCUT2D eigenvalue weighted by Crippen LogP contribution is 2.08. The van der Waals surface area contributed by atoms with Crippen LogP contribution in [0.5, 0.6) is 0 Å². The lowest BCUT2D eigenvalue weighted by Crippen LogP contribution is -2.34. The van der Waals surface area contributed by atoms with E-state index >= 15 is 0 Å². The van der Waals surface area contributed by atoms with E-state index < -0.39 is 10.0 Å². The first-order chi connectivity index (χ1) is 10.6. The van der Waals surface area contributed by atoms with Gasteiger partial charge in [-0.15, -0.1) is 11.3 Å². The molecule has 0 aliphatic carbocycles. The molecule has 1 amide bonds. The van der Waals surface area contributed by atoms with Crippen molar-refractivity contribution >= 4 is 27.3 Å². The molecule has 0 spiro atoms. The van der Waals surface area contributed by atoms with Crippen LogP contribution in [0.3, 0.4) is 0 Å². The number of carbonyl (C=O) groups excluding carboxylic acids is 1. The molecule has 0 aliphatic rings. The Bertz CT molecular complexity index is 685. The summed E-state index contributed by atoms with van der Waals surface area (Å²) >= 11 is 1.50. The standard InChI is InChI=1S/C14H17N3O3S2/c18-14(9-13-4-2-7-21-13)16-6-8-22(19,20)17-11-12-3-1-5-15-10-12/h1-5,7,10,17H,6,8-9,11H2,(H,16,18). The predicted molar refractivity (Wildman–Crippen MR) is 85.9 cm³/mol. The Labute approximate surface area is 133 Å². The number of pyridine rings is 1. The first kappa shape index (κ1) is 16.6. The summed E-state index contributed by atoms with van der Waals surface area (Å²) in [7, 11) is -3.43. The second kappa shape index (κ2) is 8.02. The number of amides is 1. The van der Waals surface area contributed by atoms with E-state index in [0.29, 0.717) is 0 Å². The summed E-state index contributed by atoms with van der Waals surface area (Å²) in [6, 6.07) is 7.28. The van der Waals surface area contributed by atoms with E-state index in [0.717, 1.165) is 10.4 Å². The number of thiophene rings is 1. The monoisotopic (exact) mass is 339 g/mol. The van der Waals surface area contributed by atoms with Gasteiger partial charge in [-0.2, -0.15) is 0 Å². The van der Waals surface area contributed by atoms with Crippen molar-refractivity contribution in [2.45, 2.75) is 13.0 Å². The molecule has 6 nitrogen and oxygen atoms in total. The number of hydrogen-bond donors (Lipinski definition) is 2. The summed E-state index contributed by atoms with van der Waals surface area (Å²) in [5, 5.41) is 4.51. The van der Waals surface area contributed by atoms with Crippen LogP contribution in [0.25, 0.3) is 0 Å². The van der Waals surface area contributed by atoms with Crippen LogP contribution in [0.1, 0.15) is 10.4 Å². The van der Waals surface area contributed by atoms with Gasteiger partial charge in [-0.25, -0.2) is 13.1 Å². The molecule has 0 aromatic carbocycles. The molecule has 2 aromatic rings. The van der Waals surface area contributed by atoms with E-state index in [1.165, 1.54) is 11.3 Å². The van der Waals surface area contributed by atoms with Gasteiger partial charge in [0.2, 0.25) is 15.9 Å². The van der Waals surface area contributed by atoms with Crippen molar-refractivity contribution in [1.29, 1.82) is 0 Å². The number of nitrogens with one attached hydrogen (secondary N) is 2. The Morgan fingerprint density at radius 3 is 2.82 bits per heavy atom. The molecule has 22 heavy (non-hydrogen) atoms.